The lowest BCUT2D eigenvalue weighted by atomic mass is 10.1. The zero-order valence-electron chi connectivity index (χ0n) is 13.2. The highest BCUT2D eigenvalue weighted by Gasteiger charge is 2.11. The van der Waals surface area contributed by atoms with Gasteiger partial charge in [0, 0.05) is 17.0 Å². The number of phenolic OH excluding ortho intramolecular Hbond substituents is 1. The number of rotatable bonds is 3. The minimum atomic E-state index is -1.23. The van der Waals surface area contributed by atoms with Crippen molar-refractivity contribution in [1.29, 1.82) is 0 Å². The monoisotopic (exact) mass is 348 g/mol. The summed E-state index contributed by atoms with van der Waals surface area (Å²) in [4.78, 5) is 19.1. The summed E-state index contributed by atoms with van der Waals surface area (Å²) < 4.78 is 5.91. The van der Waals surface area contributed by atoms with Crippen LogP contribution in [0.2, 0.25) is 0 Å². The molecule has 4 aromatic rings. The molecule has 0 radical (unpaired) electrons. The van der Waals surface area contributed by atoms with Crippen LogP contribution in [0.5, 0.6) is 5.75 Å². The molecule has 0 saturated heterocycles. The van der Waals surface area contributed by atoms with Crippen LogP contribution < -0.4 is 5.36 Å². The molecule has 2 heterocycles. The summed E-state index contributed by atoms with van der Waals surface area (Å²) in [6, 6.07) is 15.8. The normalized spacial score (nSPS) is 11.8. The number of nitrogens with one attached hydrogen (secondary N) is 1. The van der Waals surface area contributed by atoms with Gasteiger partial charge >= 0.3 is 5.97 Å². The van der Waals surface area contributed by atoms with Crippen LogP contribution in [0.4, 0.5) is 5.95 Å². The Kier molecular flexibility index (Phi) is 3.70. The number of aromatic amines is 1. The van der Waals surface area contributed by atoms with Gasteiger partial charge < -0.3 is 14.6 Å². The van der Waals surface area contributed by atoms with E-state index in [1.54, 1.807) is 12.1 Å². The number of carbonyl (C=O) groups is 1. The van der Waals surface area contributed by atoms with E-state index in [2.05, 4.69) is 20.2 Å². The van der Waals surface area contributed by atoms with Crippen LogP contribution in [-0.4, -0.2) is 31.4 Å². The number of phenols is 1. The second-order valence-corrected chi connectivity index (χ2v) is 5.44. The molecule has 0 aliphatic rings. The van der Waals surface area contributed by atoms with Gasteiger partial charge in [0.1, 0.15) is 17.1 Å². The van der Waals surface area contributed by atoms with E-state index in [9.17, 15) is 9.90 Å². The number of hydrogen-bond acceptors (Lipinski definition) is 6. The van der Waals surface area contributed by atoms with E-state index in [1.165, 1.54) is 12.1 Å². The first-order valence-corrected chi connectivity index (χ1v) is 7.63. The summed E-state index contributed by atoms with van der Waals surface area (Å²) in [5, 5.41) is 25.8. The van der Waals surface area contributed by atoms with Crippen molar-refractivity contribution in [3.05, 3.63) is 65.8 Å². The molecule has 0 unspecified atom stereocenters. The maximum Gasteiger partial charge on any atom is 0.373 e. The molecule has 2 aromatic heterocycles. The second kappa shape index (κ2) is 6.17. The van der Waals surface area contributed by atoms with Gasteiger partial charge in [-0.3, -0.25) is 5.10 Å². The van der Waals surface area contributed by atoms with Crippen molar-refractivity contribution in [2.75, 3.05) is 0 Å². The number of nitrogens with zero attached hydrogens (tertiary/aromatic N) is 3. The summed E-state index contributed by atoms with van der Waals surface area (Å²) >= 11 is 0. The highest BCUT2D eigenvalue weighted by Crippen LogP contribution is 2.24. The minimum absolute atomic E-state index is 0.0303. The smallest absolute Gasteiger partial charge is 0.373 e. The third kappa shape index (κ3) is 2.91. The van der Waals surface area contributed by atoms with Crippen molar-refractivity contribution < 1.29 is 19.4 Å². The number of aromatic nitrogens is 3. The summed E-state index contributed by atoms with van der Waals surface area (Å²) in [6.07, 6.45) is 0. The van der Waals surface area contributed by atoms with E-state index >= 15 is 0 Å². The maximum atomic E-state index is 10.9. The molecular weight excluding hydrogens is 336 g/mol. The van der Waals surface area contributed by atoms with Gasteiger partial charge in [-0.2, -0.15) is 4.98 Å². The molecule has 8 nitrogen and oxygen atoms in total. The number of hydrogen-bond donors (Lipinski definition) is 3. The van der Waals surface area contributed by atoms with Gasteiger partial charge in [-0.1, -0.05) is 30.3 Å². The number of aromatic hydroxyl groups is 1. The molecule has 0 aliphatic heterocycles. The fourth-order valence-electron chi connectivity index (χ4n) is 2.50. The molecule has 0 spiro atoms. The average molecular weight is 348 g/mol. The van der Waals surface area contributed by atoms with E-state index in [4.69, 9.17) is 9.52 Å². The van der Waals surface area contributed by atoms with Crippen molar-refractivity contribution in [2.45, 2.75) is 0 Å². The van der Waals surface area contributed by atoms with Crippen LogP contribution in [0.25, 0.3) is 22.3 Å². The van der Waals surface area contributed by atoms with Gasteiger partial charge in [-0.15, -0.1) is 5.10 Å². The molecular formula is C18H12N4O4. The van der Waals surface area contributed by atoms with Gasteiger partial charge in [0.15, 0.2) is 0 Å². The standard InChI is InChI=1S/C18H12N4O4/c23-11-6-7-14-12(8-11)13(19-18-20-16(17(24)25)21-22-18)9-15(26-14)10-4-2-1-3-5-10/h1-9,23H,(H,24,25)(H,20,21,22). The first-order chi connectivity index (χ1) is 12.6. The summed E-state index contributed by atoms with van der Waals surface area (Å²) in [6.45, 7) is 0. The molecule has 4 rings (SSSR count). The predicted molar refractivity (Wildman–Crippen MR) is 91.9 cm³/mol. The largest absolute Gasteiger partial charge is 0.508 e. The Labute approximate surface area is 146 Å². The summed E-state index contributed by atoms with van der Waals surface area (Å²) in [7, 11) is 0. The lowest BCUT2D eigenvalue weighted by Gasteiger charge is -2.05. The fourth-order valence-corrected chi connectivity index (χ4v) is 2.50. The molecule has 26 heavy (non-hydrogen) atoms. The third-order valence-electron chi connectivity index (χ3n) is 3.68. The van der Waals surface area contributed by atoms with E-state index in [1.807, 2.05) is 30.3 Å². The lowest BCUT2D eigenvalue weighted by molar-refractivity contribution is 0.0684. The minimum Gasteiger partial charge on any atom is -0.508 e. The third-order valence-corrected chi connectivity index (χ3v) is 3.68. The highest BCUT2D eigenvalue weighted by atomic mass is 16.4. The maximum absolute atomic E-state index is 10.9. The molecule has 0 fully saturated rings. The summed E-state index contributed by atoms with van der Waals surface area (Å²) in [5.74, 6) is -0.944. The van der Waals surface area contributed by atoms with Crippen LogP contribution in [-0.2, 0) is 0 Å². The van der Waals surface area contributed by atoms with Gasteiger partial charge in [0.25, 0.3) is 5.95 Å². The van der Waals surface area contributed by atoms with Crippen molar-refractivity contribution in [1.82, 2.24) is 15.2 Å². The molecule has 0 aliphatic carbocycles. The second-order valence-electron chi connectivity index (χ2n) is 5.44. The van der Waals surface area contributed by atoms with E-state index in [0.717, 1.165) is 5.56 Å². The average Bonchev–Trinajstić information content (AvgIpc) is 3.11. The molecule has 128 valence electrons. The first-order valence-electron chi connectivity index (χ1n) is 7.63. The molecule has 3 N–H and O–H groups in total. The molecule has 0 atom stereocenters. The van der Waals surface area contributed by atoms with Crippen molar-refractivity contribution in [3.63, 3.8) is 0 Å². The predicted octanol–water partition coefficient (Wildman–Crippen LogP) is 2.85. The molecule has 0 bridgehead atoms. The van der Waals surface area contributed by atoms with Gasteiger partial charge in [-0.05, 0) is 18.2 Å². The van der Waals surface area contributed by atoms with Crippen LogP contribution in [0.15, 0.2) is 64.0 Å². The first kappa shape index (κ1) is 15.6. The number of benzene rings is 2. The van der Waals surface area contributed by atoms with Crippen molar-refractivity contribution in [2.24, 2.45) is 4.99 Å². The Hall–Kier alpha value is -3.94. The van der Waals surface area contributed by atoms with Crippen molar-refractivity contribution in [3.8, 4) is 17.1 Å². The summed E-state index contributed by atoms with van der Waals surface area (Å²) in [5.41, 5.74) is 1.36. The van der Waals surface area contributed by atoms with E-state index < -0.39 is 5.97 Å². The fraction of sp³-hybridized carbons (Fsp3) is 0. The van der Waals surface area contributed by atoms with Gasteiger partial charge in [0.05, 0.1) is 5.36 Å². The number of aromatic carboxylic acids is 1. The highest BCUT2D eigenvalue weighted by molar-refractivity contribution is 5.83. The molecule has 0 saturated carbocycles. The van der Waals surface area contributed by atoms with E-state index in [-0.39, 0.29) is 17.5 Å². The SMILES string of the molecule is O=C(O)c1nc(N=c2cc(-c3ccccc3)oc3ccc(O)cc23)n[nH]1. The van der Waals surface area contributed by atoms with Gasteiger partial charge in [0.2, 0.25) is 5.82 Å². The number of carboxylic acid groups (broad SMARTS) is 1. The molecule has 2 aromatic carbocycles. The van der Waals surface area contributed by atoms with Crippen LogP contribution in [0, 0.1) is 0 Å². The lowest BCUT2D eigenvalue weighted by Crippen LogP contribution is -2.03. The van der Waals surface area contributed by atoms with Crippen LogP contribution in [0.3, 0.4) is 0 Å². The number of H-pyrrole nitrogens is 1. The molecule has 8 heteroatoms. The van der Waals surface area contributed by atoms with Crippen molar-refractivity contribution >= 4 is 22.9 Å². The Morgan fingerprint density at radius 3 is 2.65 bits per heavy atom. The Bertz CT molecular complexity index is 1180. The zero-order chi connectivity index (χ0) is 18.1. The number of carboxylic acids is 1. The quantitative estimate of drug-likeness (QED) is 0.523. The van der Waals surface area contributed by atoms with Crippen LogP contribution in [0.1, 0.15) is 10.6 Å². The number of fused-ring (bicyclic) bond motifs is 1. The molecule has 0 amide bonds. The van der Waals surface area contributed by atoms with Gasteiger partial charge in [-0.25, -0.2) is 9.79 Å². The van der Waals surface area contributed by atoms with E-state index in [0.29, 0.717) is 22.1 Å². The topological polar surface area (TPSA) is 125 Å². The zero-order valence-corrected chi connectivity index (χ0v) is 13.2. The Morgan fingerprint density at radius 1 is 1.12 bits per heavy atom. The Balaban J connectivity index is 1.97. The van der Waals surface area contributed by atoms with Crippen LogP contribution >= 0.6 is 0 Å². The Morgan fingerprint density at radius 2 is 1.92 bits per heavy atom.